The molecule has 0 bridgehead atoms. The van der Waals surface area contributed by atoms with E-state index >= 15 is 0 Å². The number of ketones is 1. The second-order valence-electron chi connectivity index (χ2n) is 12.5. The largest absolute Gasteiger partial charge is 0.458 e. The van der Waals surface area contributed by atoms with Crippen LogP contribution in [0.5, 0.6) is 0 Å². The fraction of sp³-hybridized carbons (Fsp3) is 0.389. The molecule has 0 fully saturated rings. The van der Waals surface area contributed by atoms with Gasteiger partial charge >= 0.3 is 5.97 Å². The number of nitro groups is 1. The van der Waals surface area contributed by atoms with E-state index in [2.05, 4.69) is 34.2 Å². The molecule has 0 amide bonds. The Kier molecular flexibility index (Phi) is 10.8. The molecule has 1 aliphatic rings. The first kappa shape index (κ1) is 33.4. The summed E-state index contributed by atoms with van der Waals surface area (Å²) in [6.45, 7) is 8.25. The van der Waals surface area contributed by atoms with Crippen LogP contribution in [0.3, 0.4) is 0 Å². The quantitative estimate of drug-likeness (QED) is 0.0763. The van der Waals surface area contributed by atoms with Crippen molar-refractivity contribution in [3.8, 4) is 0 Å². The molecule has 236 valence electrons. The molecule has 1 aliphatic heterocycles. The SMILES string of the molecule is CC1=NC(C)C(C(=O)C=O)C(c2cccc([N+](=O)[O-])c2)C1C(=O)OC(C)(C)CN(C)CCC(c1ccccc1)c1ccccc1. The summed E-state index contributed by atoms with van der Waals surface area (Å²) < 4.78 is 6.13. The van der Waals surface area contributed by atoms with Crippen LogP contribution in [-0.2, 0) is 19.1 Å². The number of nitro benzene ring substituents is 1. The lowest BCUT2D eigenvalue weighted by molar-refractivity contribution is -0.384. The maximum Gasteiger partial charge on any atom is 0.315 e. The number of carbonyl (C=O) groups is 3. The number of Topliss-reactive ketones (excluding diaryl/α,β-unsaturated/α-hetero) is 1. The average molecular weight is 612 g/mol. The lowest BCUT2D eigenvalue weighted by Crippen LogP contribution is -2.48. The van der Waals surface area contributed by atoms with Crippen LogP contribution in [0.25, 0.3) is 0 Å². The van der Waals surface area contributed by atoms with Crippen molar-refractivity contribution in [2.24, 2.45) is 16.8 Å². The van der Waals surface area contributed by atoms with Crippen LogP contribution >= 0.6 is 0 Å². The summed E-state index contributed by atoms with van der Waals surface area (Å²) in [4.78, 5) is 56.2. The maximum atomic E-state index is 14.0. The fourth-order valence-corrected chi connectivity index (χ4v) is 6.65. The molecular weight excluding hydrogens is 570 g/mol. The molecule has 0 aromatic heterocycles. The van der Waals surface area contributed by atoms with Crippen molar-refractivity contribution in [1.29, 1.82) is 0 Å². The summed E-state index contributed by atoms with van der Waals surface area (Å²) in [6.07, 6.45) is 1.09. The Morgan fingerprint density at radius 1 is 1.02 bits per heavy atom. The third-order valence-electron chi connectivity index (χ3n) is 8.52. The van der Waals surface area contributed by atoms with Crippen molar-refractivity contribution in [2.75, 3.05) is 20.1 Å². The summed E-state index contributed by atoms with van der Waals surface area (Å²) in [6, 6.07) is 26.0. The monoisotopic (exact) mass is 611 g/mol. The highest BCUT2D eigenvalue weighted by atomic mass is 16.6. The van der Waals surface area contributed by atoms with E-state index in [1.807, 2.05) is 57.3 Å². The first-order valence-electron chi connectivity index (χ1n) is 15.2. The molecule has 0 N–H and O–H groups in total. The maximum absolute atomic E-state index is 14.0. The van der Waals surface area contributed by atoms with Crippen LogP contribution < -0.4 is 0 Å². The molecule has 0 spiro atoms. The number of aliphatic imine (C=N–C) groups is 1. The van der Waals surface area contributed by atoms with Crippen molar-refractivity contribution in [3.63, 3.8) is 0 Å². The van der Waals surface area contributed by atoms with Gasteiger partial charge in [0, 0.05) is 36.2 Å². The number of carbonyl (C=O) groups excluding carboxylic acids is 3. The lowest BCUT2D eigenvalue weighted by atomic mass is 9.68. The number of benzene rings is 3. The number of ether oxygens (including phenoxy) is 1. The van der Waals surface area contributed by atoms with Crippen molar-refractivity contribution in [2.45, 2.75) is 57.6 Å². The molecule has 4 atom stereocenters. The zero-order valence-electron chi connectivity index (χ0n) is 26.5. The Morgan fingerprint density at radius 2 is 1.62 bits per heavy atom. The summed E-state index contributed by atoms with van der Waals surface area (Å²) in [7, 11) is 1.99. The minimum Gasteiger partial charge on any atom is -0.458 e. The zero-order chi connectivity index (χ0) is 32.7. The number of esters is 1. The molecular formula is C36H41N3O6. The van der Waals surface area contributed by atoms with E-state index in [-0.39, 0.29) is 17.9 Å². The van der Waals surface area contributed by atoms with E-state index < -0.39 is 46.1 Å². The van der Waals surface area contributed by atoms with Crippen molar-refractivity contribution >= 4 is 29.4 Å². The number of likely N-dealkylation sites (N-methyl/N-ethyl adjacent to an activating group) is 1. The topological polar surface area (TPSA) is 119 Å². The number of hydrogen-bond acceptors (Lipinski definition) is 8. The molecule has 0 saturated carbocycles. The molecule has 4 rings (SSSR count). The number of nitrogens with zero attached hydrogens (tertiary/aromatic N) is 3. The predicted octanol–water partition coefficient (Wildman–Crippen LogP) is 6.02. The molecule has 9 heteroatoms. The normalized spacial score (nSPS) is 20.0. The molecule has 3 aromatic rings. The number of rotatable bonds is 13. The van der Waals surface area contributed by atoms with Gasteiger partial charge in [-0.15, -0.1) is 0 Å². The Morgan fingerprint density at radius 3 is 2.18 bits per heavy atom. The first-order valence-corrected chi connectivity index (χ1v) is 15.2. The predicted molar refractivity (Wildman–Crippen MR) is 173 cm³/mol. The smallest absolute Gasteiger partial charge is 0.315 e. The van der Waals surface area contributed by atoms with Crippen LogP contribution in [0, 0.1) is 22.0 Å². The molecule has 4 unspecified atom stereocenters. The van der Waals surface area contributed by atoms with Gasteiger partial charge < -0.3 is 9.64 Å². The van der Waals surface area contributed by atoms with Gasteiger partial charge in [0.25, 0.3) is 5.69 Å². The van der Waals surface area contributed by atoms with E-state index in [0.717, 1.165) is 13.0 Å². The van der Waals surface area contributed by atoms with Gasteiger partial charge in [-0.25, -0.2) is 0 Å². The Bertz CT molecular complexity index is 1500. The van der Waals surface area contributed by atoms with Gasteiger partial charge in [-0.05, 0) is 64.4 Å². The third kappa shape index (κ3) is 8.16. The number of hydrogen-bond donors (Lipinski definition) is 0. The highest BCUT2D eigenvalue weighted by Crippen LogP contribution is 2.42. The molecule has 9 nitrogen and oxygen atoms in total. The van der Waals surface area contributed by atoms with Gasteiger partial charge in [-0.2, -0.15) is 0 Å². The van der Waals surface area contributed by atoms with E-state index in [1.165, 1.54) is 29.3 Å². The Balaban J connectivity index is 1.53. The van der Waals surface area contributed by atoms with Crippen LogP contribution in [0.2, 0.25) is 0 Å². The van der Waals surface area contributed by atoms with E-state index in [9.17, 15) is 24.5 Å². The third-order valence-corrected chi connectivity index (χ3v) is 8.52. The summed E-state index contributed by atoms with van der Waals surface area (Å²) in [5.41, 5.74) is 2.25. The van der Waals surface area contributed by atoms with E-state index in [4.69, 9.17) is 4.74 Å². The van der Waals surface area contributed by atoms with Gasteiger partial charge in [0.05, 0.1) is 16.9 Å². The molecule has 3 aromatic carbocycles. The number of non-ortho nitro benzene ring substituents is 1. The molecule has 45 heavy (non-hydrogen) atoms. The van der Waals surface area contributed by atoms with Crippen LogP contribution in [-0.4, -0.2) is 65.4 Å². The van der Waals surface area contributed by atoms with Gasteiger partial charge in [0.1, 0.15) is 11.5 Å². The number of aldehydes is 1. The Hall–Kier alpha value is -4.50. The molecule has 1 heterocycles. The Labute approximate surface area is 264 Å². The summed E-state index contributed by atoms with van der Waals surface area (Å²) in [5, 5.41) is 11.6. The average Bonchev–Trinajstić information content (AvgIpc) is 3.01. The van der Waals surface area contributed by atoms with Gasteiger partial charge in [-0.1, -0.05) is 72.8 Å². The van der Waals surface area contributed by atoms with Crippen LogP contribution in [0.4, 0.5) is 5.69 Å². The van der Waals surface area contributed by atoms with Crippen molar-refractivity contribution in [3.05, 3.63) is 112 Å². The van der Waals surface area contributed by atoms with Gasteiger partial charge in [0.15, 0.2) is 6.29 Å². The van der Waals surface area contributed by atoms with Crippen LogP contribution in [0.15, 0.2) is 89.9 Å². The molecule has 0 radical (unpaired) electrons. The molecule has 0 aliphatic carbocycles. The lowest BCUT2D eigenvalue weighted by Gasteiger charge is -2.39. The fourth-order valence-electron chi connectivity index (χ4n) is 6.65. The minimum absolute atomic E-state index is 0.170. The highest BCUT2D eigenvalue weighted by Gasteiger charge is 2.48. The van der Waals surface area contributed by atoms with Gasteiger partial charge in [0.2, 0.25) is 5.78 Å². The van der Waals surface area contributed by atoms with Crippen molar-refractivity contribution in [1.82, 2.24) is 4.90 Å². The summed E-state index contributed by atoms with van der Waals surface area (Å²) in [5.74, 6) is -3.92. The van der Waals surface area contributed by atoms with E-state index in [1.54, 1.807) is 19.9 Å². The van der Waals surface area contributed by atoms with E-state index in [0.29, 0.717) is 17.8 Å². The highest BCUT2D eigenvalue weighted by molar-refractivity contribution is 6.27. The molecule has 0 saturated heterocycles. The zero-order valence-corrected chi connectivity index (χ0v) is 26.5. The second kappa shape index (κ2) is 14.5. The van der Waals surface area contributed by atoms with Crippen LogP contribution in [0.1, 0.15) is 62.6 Å². The summed E-state index contributed by atoms with van der Waals surface area (Å²) >= 11 is 0. The van der Waals surface area contributed by atoms with Crippen molar-refractivity contribution < 1.29 is 24.0 Å². The van der Waals surface area contributed by atoms with Gasteiger partial charge in [-0.3, -0.25) is 29.5 Å². The minimum atomic E-state index is -0.998. The second-order valence-corrected chi connectivity index (χ2v) is 12.5. The standard InChI is InChI=1S/C36H41N3O6/c1-24-32(31(41)22-40)34(28-17-12-18-29(21-28)39(43)44)33(25(2)37-24)35(42)45-36(3,4)23-38(5)20-19-30(26-13-8-6-9-14-26)27-15-10-7-11-16-27/h6-18,21-22,24,30,32-34H,19-20,23H2,1-5H3. The first-order chi connectivity index (χ1) is 21.4.